The second-order valence-electron chi connectivity index (χ2n) is 4.33. The summed E-state index contributed by atoms with van der Waals surface area (Å²) in [6.45, 7) is 3.69. The molecule has 0 spiro atoms. The van der Waals surface area contributed by atoms with Crippen LogP contribution in [0.1, 0.15) is 12.0 Å². The largest absolute Gasteiger partial charge is 0.324 e. The molecule has 3 nitrogen and oxygen atoms in total. The van der Waals surface area contributed by atoms with Gasteiger partial charge in [0.1, 0.15) is 0 Å². The van der Waals surface area contributed by atoms with Gasteiger partial charge in [0.25, 0.3) is 0 Å². The highest BCUT2D eigenvalue weighted by atomic mass is 35.5. The monoisotopic (exact) mass is 272 g/mol. The fraction of sp³-hybridized carbons (Fsp3) is 0.417. The molecule has 92 valence electrons. The van der Waals surface area contributed by atoms with E-state index in [0.29, 0.717) is 28.1 Å². The first kappa shape index (κ1) is 12.7. The Bertz CT molecular complexity index is 444. The molecule has 0 unspecified atom stereocenters. The zero-order chi connectivity index (χ0) is 12.4. The van der Waals surface area contributed by atoms with Gasteiger partial charge >= 0.3 is 0 Å². The molecule has 0 aromatic heterocycles. The number of aryl methyl sites for hydroxylation is 1. The first-order valence-electron chi connectivity index (χ1n) is 5.53. The topological polar surface area (TPSA) is 41.1 Å². The minimum absolute atomic E-state index is 0.0362. The van der Waals surface area contributed by atoms with Gasteiger partial charge in [-0.15, -0.1) is 0 Å². The summed E-state index contributed by atoms with van der Waals surface area (Å²) >= 11 is 12.1. The lowest BCUT2D eigenvalue weighted by atomic mass is 9.99. The molecule has 1 aromatic carbocycles. The van der Waals surface area contributed by atoms with Crippen molar-refractivity contribution in [3.63, 3.8) is 0 Å². The highest BCUT2D eigenvalue weighted by molar-refractivity contribution is 6.40. The number of hydrogen-bond donors (Lipinski definition) is 2. The van der Waals surface area contributed by atoms with Crippen LogP contribution < -0.4 is 10.6 Å². The summed E-state index contributed by atoms with van der Waals surface area (Å²) in [6.07, 6.45) is 0.508. The van der Waals surface area contributed by atoms with E-state index in [0.717, 1.165) is 18.7 Å². The van der Waals surface area contributed by atoms with Crippen molar-refractivity contribution in [1.29, 1.82) is 0 Å². The molecule has 1 heterocycles. The van der Waals surface area contributed by atoms with Gasteiger partial charge in [0.2, 0.25) is 5.91 Å². The number of carbonyl (C=O) groups is 1. The lowest BCUT2D eigenvalue weighted by Crippen LogP contribution is -2.43. The molecule has 0 saturated carbocycles. The third kappa shape index (κ3) is 2.92. The molecule has 1 aliphatic heterocycles. The van der Waals surface area contributed by atoms with Crippen LogP contribution in [0, 0.1) is 12.8 Å². The molecule has 1 aromatic rings. The molecular formula is C12H14Cl2N2O. The predicted octanol–water partition coefficient (Wildman–Crippen LogP) is 2.85. The summed E-state index contributed by atoms with van der Waals surface area (Å²) in [7, 11) is 0. The molecule has 2 N–H and O–H groups in total. The second kappa shape index (κ2) is 5.25. The van der Waals surface area contributed by atoms with Gasteiger partial charge in [-0.3, -0.25) is 4.79 Å². The Morgan fingerprint density at radius 3 is 2.76 bits per heavy atom. The van der Waals surface area contributed by atoms with E-state index in [1.807, 2.05) is 13.0 Å². The fourth-order valence-corrected chi connectivity index (χ4v) is 2.18. The maximum atomic E-state index is 11.8. The molecule has 1 amide bonds. The van der Waals surface area contributed by atoms with Crippen molar-refractivity contribution in [3.05, 3.63) is 27.7 Å². The van der Waals surface area contributed by atoms with Crippen molar-refractivity contribution in [1.82, 2.24) is 5.32 Å². The van der Waals surface area contributed by atoms with Crippen LogP contribution >= 0.6 is 23.2 Å². The summed E-state index contributed by atoms with van der Waals surface area (Å²) in [5.74, 6) is 0.392. The van der Waals surface area contributed by atoms with Crippen LogP contribution in [0.15, 0.2) is 12.1 Å². The minimum atomic E-state index is -0.0362. The molecule has 1 aliphatic rings. The molecule has 0 atom stereocenters. The Labute approximate surface area is 110 Å². The molecular weight excluding hydrogens is 259 g/mol. The van der Waals surface area contributed by atoms with E-state index in [9.17, 15) is 4.79 Å². The molecule has 1 saturated heterocycles. The zero-order valence-electron chi connectivity index (χ0n) is 9.52. The zero-order valence-corrected chi connectivity index (χ0v) is 11.0. The average molecular weight is 273 g/mol. The highest BCUT2D eigenvalue weighted by Crippen LogP contribution is 2.33. The average Bonchev–Trinajstić information content (AvgIpc) is 2.24. The predicted molar refractivity (Wildman–Crippen MR) is 70.8 cm³/mol. The number of halogens is 2. The van der Waals surface area contributed by atoms with Gasteiger partial charge in [0.15, 0.2) is 0 Å². The Balaban J connectivity index is 2.06. The van der Waals surface area contributed by atoms with Gasteiger partial charge in [-0.25, -0.2) is 0 Å². The van der Waals surface area contributed by atoms with Crippen molar-refractivity contribution >= 4 is 34.8 Å². The van der Waals surface area contributed by atoms with Gasteiger partial charge in [0, 0.05) is 6.42 Å². The van der Waals surface area contributed by atoms with E-state index in [1.165, 1.54) is 0 Å². The smallest absolute Gasteiger partial charge is 0.224 e. The van der Waals surface area contributed by atoms with Crippen molar-refractivity contribution < 1.29 is 4.79 Å². The minimum Gasteiger partial charge on any atom is -0.324 e. The number of carbonyl (C=O) groups excluding carboxylic acids is 1. The normalized spacial score (nSPS) is 15.5. The first-order chi connectivity index (χ1) is 8.08. The van der Waals surface area contributed by atoms with Crippen LogP contribution in [0.5, 0.6) is 0 Å². The highest BCUT2D eigenvalue weighted by Gasteiger charge is 2.21. The van der Waals surface area contributed by atoms with Crippen LogP contribution in [0.2, 0.25) is 10.0 Å². The van der Waals surface area contributed by atoms with E-state index in [1.54, 1.807) is 6.07 Å². The Morgan fingerprint density at radius 1 is 1.47 bits per heavy atom. The first-order valence-corrected chi connectivity index (χ1v) is 6.28. The Kier molecular flexibility index (Phi) is 3.92. The van der Waals surface area contributed by atoms with Crippen molar-refractivity contribution in [2.45, 2.75) is 13.3 Å². The number of amides is 1. The van der Waals surface area contributed by atoms with Gasteiger partial charge in [0.05, 0.1) is 15.7 Å². The van der Waals surface area contributed by atoms with Crippen LogP contribution in [0.4, 0.5) is 5.69 Å². The number of anilines is 1. The van der Waals surface area contributed by atoms with E-state index < -0.39 is 0 Å². The fourth-order valence-electron chi connectivity index (χ4n) is 1.72. The van der Waals surface area contributed by atoms with E-state index in [-0.39, 0.29) is 5.91 Å². The number of hydrogen-bond acceptors (Lipinski definition) is 2. The Hall–Kier alpha value is -0.770. The van der Waals surface area contributed by atoms with Crippen molar-refractivity contribution in [2.24, 2.45) is 5.92 Å². The number of nitrogens with one attached hydrogen (secondary N) is 2. The summed E-state index contributed by atoms with van der Waals surface area (Å²) < 4.78 is 0. The lowest BCUT2D eigenvalue weighted by Gasteiger charge is -2.26. The summed E-state index contributed by atoms with van der Waals surface area (Å²) in [6, 6.07) is 3.57. The van der Waals surface area contributed by atoms with E-state index in [2.05, 4.69) is 10.6 Å². The van der Waals surface area contributed by atoms with Gasteiger partial charge in [-0.05, 0) is 37.6 Å². The number of rotatable bonds is 3. The third-order valence-electron chi connectivity index (χ3n) is 2.89. The molecule has 1 fully saturated rings. The molecule has 17 heavy (non-hydrogen) atoms. The molecule has 0 radical (unpaired) electrons. The van der Waals surface area contributed by atoms with Crippen LogP contribution in [0.25, 0.3) is 0 Å². The standard InChI is InChI=1S/C12H14Cl2N2O/c1-7-2-3-9(13)12(11(7)14)16-10(17)4-8-5-15-6-8/h2-3,8,15H,4-6H2,1H3,(H,16,17). The second-order valence-corrected chi connectivity index (χ2v) is 5.12. The van der Waals surface area contributed by atoms with Gasteiger partial charge in [-0.2, -0.15) is 0 Å². The van der Waals surface area contributed by atoms with Crippen LogP contribution in [-0.4, -0.2) is 19.0 Å². The van der Waals surface area contributed by atoms with Crippen molar-refractivity contribution in [2.75, 3.05) is 18.4 Å². The third-order valence-corrected chi connectivity index (χ3v) is 3.69. The van der Waals surface area contributed by atoms with Crippen LogP contribution in [0.3, 0.4) is 0 Å². The van der Waals surface area contributed by atoms with Crippen LogP contribution in [-0.2, 0) is 4.79 Å². The summed E-state index contributed by atoms with van der Waals surface area (Å²) in [4.78, 5) is 11.8. The lowest BCUT2D eigenvalue weighted by molar-refractivity contribution is -0.117. The van der Waals surface area contributed by atoms with Gasteiger partial charge < -0.3 is 10.6 Å². The molecule has 5 heteroatoms. The molecule has 0 aliphatic carbocycles. The summed E-state index contributed by atoms with van der Waals surface area (Å²) in [5, 5.41) is 6.90. The summed E-state index contributed by atoms with van der Waals surface area (Å²) in [5.41, 5.74) is 1.42. The van der Waals surface area contributed by atoms with Crippen molar-refractivity contribution in [3.8, 4) is 0 Å². The molecule has 0 bridgehead atoms. The SMILES string of the molecule is Cc1ccc(Cl)c(NC(=O)CC2CNC2)c1Cl. The Morgan fingerprint density at radius 2 is 2.18 bits per heavy atom. The van der Waals surface area contributed by atoms with E-state index in [4.69, 9.17) is 23.2 Å². The van der Waals surface area contributed by atoms with Gasteiger partial charge in [-0.1, -0.05) is 29.3 Å². The quantitative estimate of drug-likeness (QED) is 0.889. The maximum absolute atomic E-state index is 11.8. The molecule has 2 rings (SSSR count). The van der Waals surface area contributed by atoms with E-state index >= 15 is 0 Å². The maximum Gasteiger partial charge on any atom is 0.224 e. The number of benzene rings is 1.